The molecule has 1 atom stereocenters. The molecule has 1 fully saturated rings. The van der Waals surface area contributed by atoms with Gasteiger partial charge in [-0.05, 0) is 30.2 Å². The second-order valence-corrected chi connectivity index (χ2v) is 5.29. The third kappa shape index (κ3) is 3.61. The third-order valence-electron chi connectivity index (χ3n) is 2.82. The molecule has 1 aliphatic carbocycles. The molecule has 1 aromatic rings. The van der Waals surface area contributed by atoms with Crippen molar-refractivity contribution in [1.29, 1.82) is 0 Å². The van der Waals surface area contributed by atoms with Crippen LogP contribution in [0.1, 0.15) is 24.1 Å². The average Bonchev–Trinajstić information content (AvgIpc) is 2.98. The number of nitrogens with two attached hydrogens (primary N) is 1. The van der Waals surface area contributed by atoms with E-state index in [9.17, 15) is 4.79 Å². The van der Waals surface area contributed by atoms with Gasteiger partial charge in [-0.2, -0.15) is 0 Å². The Hall–Kier alpha value is -0.870. The van der Waals surface area contributed by atoms with E-state index in [1.807, 2.05) is 11.4 Å². The molecule has 0 aromatic carbocycles. The van der Waals surface area contributed by atoms with E-state index in [0.717, 1.165) is 6.42 Å². The minimum Gasteiger partial charge on any atom is -0.465 e. The molecule has 88 valence electrons. The molecule has 0 amide bonds. The summed E-state index contributed by atoms with van der Waals surface area (Å²) in [4.78, 5) is 12.7. The fourth-order valence-electron chi connectivity index (χ4n) is 1.66. The Labute approximate surface area is 99.6 Å². The summed E-state index contributed by atoms with van der Waals surface area (Å²) >= 11 is 1.69. The van der Waals surface area contributed by atoms with Crippen molar-refractivity contribution in [3.8, 4) is 0 Å². The smallest absolute Gasteiger partial charge is 0.307 e. The van der Waals surface area contributed by atoms with Crippen molar-refractivity contribution in [2.45, 2.75) is 31.7 Å². The van der Waals surface area contributed by atoms with Crippen molar-refractivity contribution < 1.29 is 9.53 Å². The summed E-state index contributed by atoms with van der Waals surface area (Å²) < 4.78 is 5.15. The zero-order valence-corrected chi connectivity index (χ0v) is 10.0. The van der Waals surface area contributed by atoms with Gasteiger partial charge in [0.25, 0.3) is 0 Å². The topological polar surface area (TPSA) is 52.3 Å². The summed E-state index contributed by atoms with van der Waals surface area (Å²) in [5.41, 5.74) is 5.85. The highest BCUT2D eigenvalue weighted by molar-refractivity contribution is 7.09. The van der Waals surface area contributed by atoms with Gasteiger partial charge in [0.1, 0.15) is 0 Å². The molecule has 0 aliphatic heterocycles. The highest BCUT2D eigenvalue weighted by Crippen LogP contribution is 2.32. The van der Waals surface area contributed by atoms with Crippen LogP contribution in [-0.4, -0.2) is 18.6 Å². The number of thiophene rings is 1. The van der Waals surface area contributed by atoms with Gasteiger partial charge in [0.05, 0.1) is 13.0 Å². The number of esters is 1. The minimum absolute atomic E-state index is 0.00855. The summed E-state index contributed by atoms with van der Waals surface area (Å²) in [5, 5.41) is 2.03. The summed E-state index contributed by atoms with van der Waals surface area (Å²) in [6.07, 6.45) is 3.52. The van der Waals surface area contributed by atoms with Crippen LogP contribution < -0.4 is 5.73 Å². The molecule has 1 unspecified atom stereocenters. The van der Waals surface area contributed by atoms with Gasteiger partial charge in [-0.15, -0.1) is 11.3 Å². The van der Waals surface area contributed by atoms with E-state index in [0.29, 0.717) is 18.9 Å². The Balaban J connectivity index is 1.60. The van der Waals surface area contributed by atoms with Crippen LogP contribution in [0.25, 0.3) is 0 Å². The average molecular weight is 239 g/mol. The first kappa shape index (κ1) is 11.6. The van der Waals surface area contributed by atoms with Crippen LogP contribution >= 0.6 is 11.3 Å². The summed E-state index contributed by atoms with van der Waals surface area (Å²) in [7, 11) is 0. The number of carbonyl (C=O) groups excluding carboxylic acids is 1. The molecule has 0 spiro atoms. The second kappa shape index (κ2) is 5.46. The van der Waals surface area contributed by atoms with Crippen LogP contribution in [0, 0.1) is 5.92 Å². The molecule has 3 nitrogen and oxygen atoms in total. The quantitative estimate of drug-likeness (QED) is 0.772. The maximum atomic E-state index is 11.4. The van der Waals surface area contributed by atoms with Crippen molar-refractivity contribution in [2.24, 2.45) is 11.7 Å². The Morgan fingerprint density at radius 2 is 2.44 bits per heavy atom. The van der Waals surface area contributed by atoms with Gasteiger partial charge in [0, 0.05) is 17.3 Å². The van der Waals surface area contributed by atoms with Crippen LogP contribution in [0.15, 0.2) is 17.5 Å². The predicted octanol–water partition coefficient (Wildman–Crippen LogP) is 1.96. The monoisotopic (exact) mass is 239 g/mol. The zero-order chi connectivity index (χ0) is 11.4. The van der Waals surface area contributed by atoms with Gasteiger partial charge < -0.3 is 10.5 Å². The van der Waals surface area contributed by atoms with Crippen LogP contribution in [0.4, 0.5) is 0 Å². The molecule has 1 saturated carbocycles. The fraction of sp³-hybridized carbons (Fsp3) is 0.583. The number of carbonyl (C=O) groups is 1. The molecule has 0 bridgehead atoms. The molecular weight excluding hydrogens is 222 g/mol. The van der Waals surface area contributed by atoms with E-state index in [2.05, 4.69) is 6.07 Å². The molecule has 1 heterocycles. The van der Waals surface area contributed by atoms with Crippen molar-refractivity contribution in [1.82, 2.24) is 0 Å². The molecule has 1 aliphatic rings. The molecule has 1 aromatic heterocycles. The summed E-state index contributed by atoms with van der Waals surface area (Å²) in [5.74, 6) is 0.404. The number of hydrogen-bond donors (Lipinski definition) is 1. The second-order valence-electron chi connectivity index (χ2n) is 4.26. The van der Waals surface area contributed by atoms with E-state index >= 15 is 0 Å². The summed E-state index contributed by atoms with van der Waals surface area (Å²) in [6.45, 7) is 0.469. The lowest BCUT2D eigenvalue weighted by Gasteiger charge is -2.09. The first-order valence-corrected chi connectivity index (χ1v) is 6.57. The van der Waals surface area contributed by atoms with E-state index in [1.54, 1.807) is 11.3 Å². The van der Waals surface area contributed by atoms with E-state index in [4.69, 9.17) is 10.5 Å². The van der Waals surface area contributed by atoms with Crippen LogP contribution in [0.2, 0.25) is 0 Å². The number of hydrogen-bond acceptors (Lipinski definition) is 4. The van der Waals surface area contributed by atoms with Crippen LogP contribution in [0.5, 0.6) is 0 Å². The van der Waals surface area contributed by atoms with Crippen molar-refractivity contribution in [3.63, 3.8) is 0 Å². The Morgan fingerprint density at radius 3 is 3.06 bits per heavy atom. The lowest BCUT2D eigenvalue weighted by molar-refractivity contribution is -0.144. The molecule has 2 rings (SSSR count). The molecule has 2 N–H and O–H groups in total. The number of rotatable bonds is 6. The highest BCUT2D eigenvalue weighted by atomic mass is 32.1. The summed E-state index contributed by atoms with van der Waals surface area (Å²) in [6, 6.07) is 4.06. The highest BCUT2D eigenvalue weighted by Gasteiger charge is 2.30. The maximum absolute atomic E-state index is 11.4. The van der Waals surface area contributed by atoms with Gasteiger partial charge >= 0.3 is 5.97 Å². The lowest BCUT2D eigenvalue weighted by atomic mass is 10.1. The fourth-order valence-corrected chi connectivity index (χ4v) is 2.35. The first-order valence-electron chi connectivity index (χ1n) is 5.69. The number of ether oxygens (including phenoxy) is 1. The van der Waals surface area contributed by atoms with Crippen LogP contribution in [-0.2, 0) is 16.0 Å². The van der Waals surface area contributed by atoms with Crippen molar-refractivity contribution in [2.75, 3.05) is 6.61 Å². The molecule has 16 heavy (non-hydrogen) atoms. The van der Waals surface area contributed by atoms with Crippen LogP contribution in [0.3, 0.4) is 0 Å². The minimum atomic E-state index is -0.157. The van der Waals surface area contributed by atoms with Gasteiger partial charge in [-0.25, -0.2) is 0 Å². The first-order chi connectivity index (χ1) is 7.75. The van der Waals surface area contributed by atoms with Gasteiger partial charge in [-0.3, -0.25) is 4.79 Å². The van der Waals surface area contributed by atoms with Crippen molar-refractivity contribution in [3.05, 3.63) is 22.4 Å². The molecular formula is C12H17NO2S. The van der Waals surface area contributed by atoms with E-state index in [-0.39, 0.29) is 12.0 Å². The third-order valence-corrected chi connectivity index (χ3v) is 3.76. The Kier molecular flexibility index (Phi) is 3.96. The van der Waals surface area contributed by atoms with Crippen molar-refractivity contribution >= 4 is 17.3 Å². The Bertz CT molecular complexity index is 333. The molecule has 4 heteroatoms. The van der Waals surface area contributed by atoms with E-state index < -0.39 is 0 Å². The SMILES string of the molecule is NC(CC(=O)OCCc1cccs1)C1CC1. The van der Waals surface area contributed by atoms with E-state index in [1.165, 1.54) is 17.7 Å². The normalized spacial score (nSPS) is 17.1. The predicted molar refractivity (Wildman–Crippen MR) is 64.3 cm³/mol. The maximum Gasteiger partial charge on any atom is 0.307 e. The van der Waals surface area contributed by atoms with Gasteiger partial charge in [-0.1, -0.05) is 6.07 Å². The van der Waals surface area contributed by atoms with Gasteiger partial charge in [0.2, 0.25) is 0 Å². The largest absolute Gasteiger partial charge is 0.465 e. The molecule has 0 radical (unpaired) electrons. The molecule has 0 saturated heterocycles. The van der Waals surface area contributed by atoms with Gasteiger partial charge in [0.15, 0.2) is 0 Å². The lowest BCUT2D eigenvalue weighted by Crippen LogP contribution is -2.27. The Morgan fingerprint density at radius 1 is 1.62 bits per heavy atom. The zero-order valence-electron chi connectivity index (χ0n) is 9.22. The standard InChI is InChI=1S/C12H17NO2S/c13-11(9-3-4-9)8-12(14)15-6-5-10-2-1-7-16-10/h1-2,7,9,11H,3-6,8,13H2.